The molecule has 0 unspecified atom stereocenters. The standard InChI is InChI=1S/C19H17N5O2/c1-21-16-11(5-3-6-15(16)24-7-4-8-24)14-9-12-13(19(25)26-2)10-22-18(20)17(12)23-14/h3,5-6,9-10,23H,4,7-8H2,2H3,(H2,20,22). The molecule has 1 aliphatic rings. The number of benzene rings is 1. The van der Waals surface area contributed by atoms with Gasteiger partial charge in [-0.25, -0.2) is 14.6 Å². The molecule has 4 rings (SSSR count). The van der Waals surface area contributed by atoms with Crippen LogP contribution in [-0.2, 0) is 4.74 Å². The van der Waals surface area contributed by atoms with Crippen LogP contribution in [0, 0.1) is 6.57 Å². The number of H-pyrrole nitrogens is 1. The van der Waals surface area contributed by atoms with Crippen molar-refractivity contribution < 1.29 is 9.53 Å². The third-order valence-electron chi connectivity index (χ3n) is 4.72. The number of aromatic amines is 1. The molecule has 0 aliphatic carbocycles. The number of carbonyl (C=O) groups excluding carboxylic acids is 1. The number of nitrogens with one attached hydrogen (secondary N) is 1. The van der Waals surface area contributed by atoms with Crippen LogP contribution in [0.15, 0.2) is 30.5 Å². The number of hydrogen-bond donors (Lipinski definition) is 2. The number of anilines is 2. The Morgan fingerprint density at radius 3 is 2.88 bits per heavy atom. The lowest BCUT2D eigenvalue weighted by Gasteiger charge is -2.34. The van der Waals surface area contributed by atoms with Crippen LogP contribution < -0.4 is 10.6 Å². The molecule has 0 amide bonds. The molecule has 3 N–H and O–H groups in total. The van der Waals surface area contributed by atoms with Crippen LogP contribution >= 0.6 is 0 Å². The molecule has 0 radical (unpaired) electrons. The van der Waals surface area contributed by atoms with E-state index >= 15 is 0 Å². The Bertz CT molecular complexity index is 1060. The van der Waals surface area contributed by atoms with Crippen molar-refractivity contribution in [3.8, 4) is 11.3 Å². The minimum absolute atomic E-state index is 0.294. The van der Waals surface area contributed by atoms with Gasteiger partial charge in [-0.2, -0.15) is 0 Å². The number of rotatable bonds is 3. The molecule has 1 fully saturated rings. The van der Waals surface area contributed by atoms with Gasteiger partial charge in [0.15, 0.2) is 0 Å². The molecule has 26 heavy (non-hydrogen) atoms. The van der Waals surface area contributed by atoms with E-state index in [1.54, 1.807) is 0 Å². The van der Waals surface area contributed by atoms with Gasteiger partial charge < -0.3 is 20.4 Å². The van der Waals surface area contributed by atoms with Crippen LogP contribution in [0.25, 0.3) is 27.0 Å². The number of nitrogens with two attached hydrogens (primary N) is 1. The Morgan fingerprint density at radius 2 is 2.23 bits per heavy atom. The molecule has 0 saturated carbocycles. The third-order valence-corrected chi connectivity index (χ3v) is 4.72. The molecule has 3 aromatic rings. The van der Waals surface area contributed by atoms with E-state index in [9.17, 15) is 4.79 Å². The van der Waals surface area contributed by atoms with Crippen molar-refractivity contribution >= 4 is 34.1 Å². The fourth-order valence-electron chi connectivity index (χ4n) is 3.23. The number of pyridine rings is 1. The highest BCUT2D eigenvalue weighted by atomic mass is 16.5. The summed E-state index contributed by atoms with van der Waals surface area (Å²) in [4.78, 5) is 25.3. The fourth-order valence-corrected chi connectivity index (χ4v) is 3.23. The molecule has 0 spiro atoms. The zero-order valence-corrected chi connectivity index (χ0v) is 14.2. The lowest BCUT2D eigenvalue weighted by molar-refractivity contribution is 0.0602. The van der Waals surface area contributed by atoms with Gasteiger partial charge in [-0.15, -0.1) is 0 Å². The van der Waals surface area contributed by atoms with E-state index in [0.717, 1.165) is 36.5 Å². The van der Waals surface area contributed by atoms with Gasteiger partial charge in [-0.3, -0.25) is 0 Å². The van der Waals surface area contributed by atoms with Crippen molar-refractivity contribution in [3.05, 3.63) is 47.4 Å². The monoisotopic (exact) mass is 347 g/mol. The van der Waals surface area contributed by atoms with Crippen LogP contribution in [0.3, 0.4) is 0 Å². The largest absolute Gasteiger partial charge is 0.465 e. The van der Waals surface area contributed by atoms with Gasteiger partial charge in [0.1, 0.15) is 5.82 Å². The van der Waals surface area contributed by atoms with Crippen molar-refractivity contribution in [1.82, 2.24) is 9.97 Å². The quantitative estimate of drug-likeness (QED) is 0.560. The number of hydrogen-bond acceptors (Lipinski definition) is 5. The number of carbonyl (C=O) groups is 1. The van der Waals surface area contributed by atoms with Crippen molar-refractivity contribution in [2.24, 2.45) is 0 Å². The first-order chi connectivity index (χ1) is 12.6. The molecule has 3 heterocycles. The van der Waals surface area contributed by atoms with E-state index in [4.69, 9.17) is 17.0 Å². The first-order valence-electron chi connectivity index (χ1n) is 8.25. The summed E-state index contributed by atoms with van der Waals surface area (Å²) >= 11 is 0. The average Bonchev–Trinajstić information content (AvgIpc) is 3.06. The second kappa shape index (κ2) is 6.08. The summed E-state index contributed by atoms with van der Waals surface area (Å²) < 4.78 is 4.83. The van der Waals surface area contributed by atoms with Gasteiger partial charge in [0.25, 0.3) is 0 Å². The van der Waals surface area contributed by atoms with Crippen molar-refractivity contribution in [2.45, 2.75) is 6.42 Å². The minimum atomic E-state index is -0.479. The van der Waals surface area contributed by atoms with Gasteiger partial charge in [-0.05, 0) is 18.6 Å². The molecular formula is C19H17N5O2. The number of methoxy groups -OCH3 is 1. The number of nitrogens with zero attached hydrogens (tertiary/aromatic N) is 3. The highest BCUT2D eigenvalue weighted by Crippen LogP contribution is 2.41. The van der Waals surface area contributed by atoms with Crippen LogP contribution in [-0.4, -0.2) is 36.1 Å². The Labute approximate surface area is 150 Å². The summed E-state index contributed by atoms with van der Waals surface area (Å²) in [7, 11) is 1.33. The number of ether oxygens (including phenoxy) is 1. The highest BCUT2D eigenvalue weighted by Gasteiger charge is 2.22. The van der Waals surface area contributed by atoms with Crippen LogP contribution in [0.4, 0.5) is 17.2 Å². The van der Waals surface area contributed by atoms with E-state index in [0.29, 0.717) is 28.0 Å². The lowest BCUT2D eigenvalue weighted by atomic mass is 10.0. The van der Waals surface area contributed by atoms with Gasteiger partial charge in [0.05, 0.1) is 24.8 Å². The SMILES string of the molecule is [C-]#[N+]c1c(-c2cc3c(C(=O)OC)cnc(N)c3[nH]2)cccc1N1CCC1. The minimum Gasteiger partial charge on any atom is -0.465 e. The topological polar surface area (TPSA) is 88.6 Å². The van der Waals surface area contributed by atoms with Gasteiger partial charge in [-0.1, -0.05) is 12.1 Å². The van der Waals surface area contributed by atoms with Crippen molar-refractivity contribution in [2.75, 3.05) is 30.8 Å². The first-order valence-corrected chi connectivity index (χ1v) is 8.25. The predicted molar refractivity (Wildman–Crippen MR) is 100 cm³/mol. The summed E-state index contributed by atoms with van der Waals surface area (Å²) in [5.74, 6) is -0.185. The molecule has 2 aromatic heterocycles. The summed E-state index contributed by atoms with van der Waals surface area (Å²) in [6, 6.07) is 7.62. The van der Waals surface area contributed by atoms with Gasteiger partial charge in [0, 0.05) is 41.6 Å². The normalized spacial score (nSPS) is 13.3. The maximum Gasteiger partial charge on any atom is 0.340 e. The van der Waals surface area contributed by atoms with E-state index in [1.807, 2.05) is 24.3 Å². The smallest absolute Gasteiger partial charge is 0.340 e. The Kier molecular flexibility index (Phi) is 3.73. The molecule has 1 saturated heterocycles. The Morgan fingerprint density at radius 1 is 1.42 bits per heavy atom. The van der Waals surface area contributed by atoms with E-state index in [1.165, 1.54) is 13.3 Å². The molecule has 1 aliphatic heterocycles. The highest BCUT2D eigenvalue weighted by molar-refractivity contribution is 6.08. The zero-order chi connectivity index (χ0) is 18.3. The lowest BCUT2D eigenvalue weighted by Crippen LogP contribution is -2.36. The van der Waals surface area contributed by atoms with E-state index in [-0.39, 0.29) is 0 Å². The zero-order valence-electron chi connectivity index (χ0n) is 14.2. The van der Waals surface area contributed by atoms with Gasteiger partial charge in [0.2, 0.25) is 5.69 Å². The Balaban J connectivity index is 1.92. The second-order valence-corrected chi connectivity index (χ2v) is 6.15. The first kappa shape index (κ1) is 16.0. The van der Waals surface area contributed by atoms with Crippen LogP contribution in [0.2, 0.25) is 0 Å². The number of para-hydroxylation sites is 1. The summed E-state index contributed by atoms with van der Waals surface area (Å²) in [6.07, 6.45) is 2.55. The number of nitrogen functional groups attached to an aromatic ring is 1. The van der Waals surface area contributed by atoms with E-state index in [2.05, 4.69) is 19.7 Å². The molecule has 1 aromatic carbocycles. The average molecular weight is 347 g/mol. The van der Waals surface area contributed by atoms with E-state index < -0.39 is 5.97 Å². The molecular weight excluding hydrogens is 330 g/mol. The van der Waals surface area contributed by atoms with Gasteiger partial charge >= 0.3 is 5.97 Å². The molecule has 7 heteroatoms. The molecule has 0 bridgehead atoms. The Hall–Kier alpha value is -3.53. The third kappa shape index (κ3) is 2.35. The number of aromatic nitrogens is 2. The summed E-state index contributed by atoms with van der Waals surface area (Å²) in [5, 5.41) is 0.629. The molecule has 7 nitrogen and oxygen atoms in total. The van der Waals surface area contributed by atoms with Crippen molar-refractivity contribution in [3.63, 3.8) is 0 Å². The fraction of sp³-hybridized carbons (Fsp3) is 0.211. The molecule has 130 valence electrons. The van der Waals surface area contributed by atoms with Crippen LogP contribution in [0.1, 0.15) is 16.8 Å². The summed E-state index contributed by atoms with van der Waals surface area (Å²) in [5.41, 5.74) is 9.89. The maximum absolute atomic E-state index is 12.0. The maximum atomic E-state index is 12.0. The summed E-state index contributed by atoms with van der Waals surface area (Å²) in [6.45, 7) is 9.58. The van der Waals surface area contributed by atoms with Crippen molar-refractivity contribution in [1.29, 1.82) is 0 Å². The second-order valence-electron chi connectivity index (χ2n) is 6.15. The number of fused-ring (bicyclic) bond motifs is 1. The predicted octanol–water partition coefficient (Wildman–Crippen LogP) is 3.36. The van der Waals surface area contributed by atoms with Crippen LogP contribution in [0.5, 0.6) is 0 Å². The molecule has 0 atom stereocenters. The number of esters is 1.